The zero-order valence-electron chi connectivity index (χ0n) is 9.99. The molecule has 0 radical (unpaired) electrons. The molecule has 2 atom stereocenters. The molecule has 4 heteroatoms. The van der Waals surface area contributed by atoms with Crippen LogP contribution in [0.5, 0.6) is 5.75 Å². The second-order valence-electron chi connectivity index (χ2n) is 4.41. The summed E-state index contributed by atoms with van der Waals surface area (Å²) in [5, 5.41) is 0.692. The fraction of sp³-hybridized carbons (Fsp3) is 0.538. The molecule has 1 saturated heterocycles. The first-order valence-corrected chi connectivity index (χ1v) is 6.31. The van der Waals surface area contributed by atoms with Gasteiger partial charge in [0.2, 0.25) is 0 Å². The summed E-state index contributed by atoms with van der Waals surface area (Å²) in [4.78, 5) is 0. The van der Waals surface area contributed by atoms with Crippen LogP contribution in [-0.2, 0) is 4.74 Å². The van der Waals surface area contributed by atoms with Crippen LogP contribution in [0.15, 0.2) is 18.2 Å². The van der Waals surface area contributed by atoms with Gasteiger partial charge in [-0.15, -0.1) is 0 Å². The van der Waals surface area contributed by atoms with E-state index >= 15 is 0 Å². The van der Waals surface area contributed by atoms with E-state index in [1.807, 2.05) is 25.1 Å². The highest BCUT2D eigenvalue weighted by Gasteiger charge is 2.24. The lowest BCUT2D eigenvalue weighted by molar-refractivity contribution is 0.0220. The number of hydrogen-bond acceptors (Lipinski definition) is 3. The molecule has 1 aromatic rings. The Morgan fingerprint density at radius 1 is 1.41 bits per heavy atom. The van der Waals surface area contributed by atoms with Gasteiger partial charge in [0.1, 0.15) is 12.4 Å². The second kappa shape index (κ2) is 5.71. The maximum absolute atomic E-state index is 5.93. The number of hydrogen-bond donors (Lipinski definition) is 1. The fourth-order valence-electron chi connectivity index (χ4n) is 1.99. The topological polar surface area (TPSA) is 44.5 Å². The van der Waals surface area contributed by atoms with Crippen LogP contribution in [0.3, 0.4) is 0 Å². The van der Waals surface area contributed by atoms with Crippen molar-refractivity contribution in [1.82, 2.24) is 0 Å². The highest BCUT2D eigenvalue weighted by atomic mass is 35.5. The molecule has 1 fully saturated rings. The van der Waals surface area contributed by atoms with Gasteiger partial charge in [0.05, 0.1) is 12.2 Å². The van der Waals surface area contributed by atoms with Gasteiger partial charge in [0, 0.05) is 11.6 Å². The van der Waals surface area contributed by atoms with Crippen LogP contribution in [0, 0.1) is 6.92 Å². The summed E-state index contributed by atoms with van der Waals surface area (Å²) in [7, 11) is 0. The van der Waals surface area contributed by atoms with Crippen LogP contribution in [0.1, 0.15) is 18.4 Å². The van der Waals surface area contributed by atoms with E-state index in [9.17, 15) is 0 Å². The van der Waals surface area contributed by atoms with E-state index in [0.717, 1.165) is 24.2 Å². The van der Waals surface area contributed by atoms with Gasteiger partial charge in [-0.05, 0) is 37.5 Å². The van der Waals surface area contributed by atoms with Gasteiger partial charge in [-0.2, -0.15) is 0 Å². The van der Waals surface area contributed by atoms with Crippen molar-refractivity contribution in [3.05, 3.63) is 28.8 Å². The van der Waals surface area contributed by atoms with Crippen LogP contribution < -0.4 is 10.5 Å². The summed E-state index contributed by atoms with van der Waals surface area (Å²) in [6.07, 6.45) is 2.39. The zero-order valence-corrected chi connectivity index (χ0v) is 10.7. The van der Waals surface area contributed by atoms with Crippen molar-refractivity contribution in [2.24, 2.45) is 5.73 Å². The van der Waals surface area contributed by atoms with Crippen molar-refractivity contribution < 1.29 is 9.47 Å². The van der Waals surface area contributed by atoms with Crippen molar-refractivity contribution >= 4 is 11.6 Å². The summed E-state index contributed by atoms with van der Waals surface area (Å²) in [6, 6.07) is 5.66. The maximum Gasteiger partial charge on any atom is 0.123 e. The van der Waals surface area contributed by atoms with Crippen molar-refractivity contribution in [2.45, 2.75) is 32.0 Å². The van der Waals surface area contributed by atoms with Gasteiger partial charge in [0.15, 0.2) is 0 Å². The van der Waals surface area contributed by atoms with Crippen LogP contribution >= 0.6 is 11.6 Å². The van der Waals surface area contributed by atoms with E-state index in [1.165, 1.54) is 0 Å². The Kier molecular flexibility index (Phi) is 4.26. The van der Waals surface area contributed by atoms with Gasteiger partial charge < -0.3 is 15.2 Å². The third-order valence-electron chi connectivity index (χ3n) is 3.03. The molecule has 17 heavy (non-hydrogen) atoms. The molecule has 1 aliphatic rings. The van der Waals surface area contributed by atoms with Gasteiger partial charge >= 0.3 is 0 Å². The highest BCUT2D eigenvalue weighted by molar-refractivity contribution is 6.30. The molecule has 0 spiro atoms. The van der Waals surface area contributed by atoms with Crippen molar-refractivity contribution in [3.8, 4) is 5.75 Å². The smallest absolute Gasteiger partial charge is 0.123 e. The molecule has 2 unspecified atom stereocenters. The average molecular weight is 256 g/mol. The van der Waals surface area contributed by atoms with Crippen LogP contribution in [0.4, 0.5) is 0 Å². The Morgan fingerprint density at radius 3 is 2.88 bits per heavy atom. The molecule has 2 rings (SSSR count). The summed E-state index contributed by atoms with van der Waals surface area (Å²) in [6.45, 7) is 3.16. The van der Waals surface area contributed by atoms with Crippen molar-refractivity contribution in [1.29, 1.82) is 0 Å². The van der Waals surface area contributed by atoms with E-state index in [1.54, 1.807) is 0 Å². The average Bonchev–Trinajstić information content (AvgIpc) is 2.78. The molecule has 0 bridgehead atoms. The number of rotatable bonds is 4. The quantitative estimate of drug-likeness (QED) is 0.899. The minimum Gasteiger partial charge on any atom is -0.491 e. The molecular weight excluding hydrogens is 238 g/mol. The standard InChI is InChI=1S/C13H18ClNO2/c1-9-2-3-10(14)6-13(9)16-8-12-5-4-11(7-15)17-12/h2-3,6,11-12H,4-5,7-8,15H2,1H3. The third-order valence-corrected chi connectivity index (χ3v) is 3.27. The molecular formula is C13H18ClNO2. The first-order valence-electron chi connectivity index (χ1n) is 5.93. The Balaban J connectivity index is 1.88. The summed E-state index contributed by atoms with van der Waals surface area (Å²) in [5.41, 5.74) is 6.65. The first kappa shape index (κ1) is 12.7. The number of aryl methyl sites for hydroxylation is 1. The Labute approximate surface area is 107 Å². The molecule has 1 aliphatic heterocycles. The number of benzene rings is 1. The molecule has 0 aliphatic carbocycles. The first-order chi connectivity index (χ1) is 8.19. The second-order valence-corrected chi connectivity index (χ2v) is 4.85. The third kappa shape index (κ3) is 3.35. The Bertz CT molecular complexity index is 384. The molecule has 0 aromatic heterocycles. The van der Waals surface area contributed by atoms with Crippen LogP contribution in [0.2, 0.25) is 5.02 Å². The van der Waals surface area contributed by atoms with Crippen LogP contribution in [0.25, 0.3) is 0 Å². The lowest BCUT2D eigenvalue weighted by atomic mass is 10.2. The number of ether oxygens (including phenoxy) is 2. The van der Waals surface area contributed by atoms with Crippen molar-refractivity contribution in [2.75, 3.05) is 13.2 Å². The van der Waals surface area contributed by atoms with E-state index in [-0.39, 0.29) is 12.2 Å². The van der Waals surface area contributed by atoms with E-state index < -0.39 is 0 Å². The maximum atomic E-state index is 5.93. The van der Waals surface area contributed by atoms with E-state index in [4.69, 9.17) is 26.8 Å². The molecule has 1 heterocycles. The minimum absolute atomic E-state index is 0.155. The lowest BCUT2D eigenvalue weighted by Crippen LogP contribution is -2.23. The zero-order chi connectivity index (χ0) is 12.3. The summed E-state index contributed by atoms with van der Waals surface area (Å²) in [5.74, 6) is 0.831. The number of halogens is 1. The van der Waals surface area contributed by atoms with E-state index in [0.29, 0.717) is 18.2 Å². The highest BCUT2D eigenvalue weighted by Crippen LogP contribution is 2.24. The van der Waals surface area contributed by atoms with Gasteiger partial charge in [-0.1, -0.05) is 17.7 Å². The molecule has 3 nitrogen and oxygen atoms in total. The fourth-order valence-corrected chi connectivity index (χ4v) is 2.15. The Morgan fingerprint density at radius 2 is 2.18 bits per heavy atom. The predicted octanol–water partition coefficient (Wildman–Crippen LogP) is 2.53. The lowest BCUT2D eigenvalue weighted by Gasteiger charge is -2.15. The van der Waals surface area contributed by atoms with E-state index in [2.05, 4.69) is 0 Å². The number of nitrogens with two attached hydrogens (primary N) is 1. The van der Waals surface area contributed by atoms with Gasteiger partial charge in [0.25, 0.3) is 0 Å². The molecule has 0 saturated carbocycles. The SMILES string of the molecule is Cc1ccc(Cl)cc1OCC1CCC(CN)O1. The molecule has 0 amide bonds. The molecule has 2 N–H and O–H groups in total. The molecule has 1 aromatic carbocycles. The Hall–Kier alpha value is -0.770. The monoisotopic (exact) mass is 255 g/mol. The minimum atomic E-state index is 0.155. The van der Waals surface area contributed by atoms with Gasteiger partial charge in [-0.3, -0.25) is 0 Å². The van der Waals surface area contributed by atoms with Gasteiger partial charge in [-0.25, -0.2) is 0 Å². The van der Waals surface area contributed by atoms with Crippen molar-refractivity contribution in [3.63, 3.8) is 0 Å². The summed E-state index contributed by atoms with van der Waals surface area (Å²) >= 11 is 5.93. The van der Waals surface area contributed by atoms with Crippen LogP contribution in [-0.4, -0.2) is 25.4 Å². The largest absolute Gasteiger partial charge is 0.491 e. The molecule has 94 valence electrons. The normalized spacial score (nSPS) is 23.9. The summed E-state index contributed by atoms with van der Waals surface area (Å²) < 4.78 is 11.5. The predicted molar refractivity (Wildman–Crippen MR) is 68.6 cm³/mol.